The van der Waals surface area contributed by atoms with E-state index in [9.17, 15) is 14.0 Å². The van der Waals surface area contributed by atoms with Gasteiger partial charge in [0.2, 0.25) is 11.8 Å². The molecule has 1 saturated heterocycles. The highest BCUT2D eigenvalue weighted by molar-refractivity contribution is 6.20. The van der Waals surface area contributed by atoms with Crippen molar-refractivity contribution in [3.8, 4) is 0 Å². The lowest BCUT2D eigenvalue weighted by molar-refractivity contribution is -0.147. The minimum Gasteiger partial charge on any atom is -0.371 e. The SMILES string of the molecule is CC1CCCC(F)C1OC1CC(Cl)CCC1C(=O)NC1CCNC(=O)C1. The zero-order valence-corrected chi connectivity index (χ0v) is 16.1. The fourth-order valence-electron chi connectivity index (χ4n) is 4.49. The highest BCUT2D eigenvalue weighted by atomic mass is 35.5. The zero-order valence-electron chi connectivity index (χ0n) is 15.4. The molecule has 0 aromatic rings. The van der Waals surface area contributed by atoms with Crippen LogP contribution < -0.4 is 10.6 Å². The third kappa shape index (κ3) is 4.89. The summed E-state index contributed by atoms with van der Waals surface area (Å²) in [4.78, 5) is 24.4. The van der Waals surface area contributed by atoms with E-state index in [0.29, 0.717) is 32.2 Å². The number of halogens is 2. The molecule has 2 N–H and O–H groups in total. The van der Waals surface area contributed by atoms with Crippen molar-refractivity contribution in [2.75, 3.05) is 6.54 Å². The van der Waals surface area contributed by atoms with Crippen molar-refractivity contribution < 1.29 is 18.7 Å². The van der Waals surface area contributed by atoms with E-state index < -0.39 is 12.3 Å². The highest BCUT2D eigenvalue weighted by Gasteiger charge is 2.41. The summed E-state index contributed by atoms with van der Waals surface area (Å²) in [7, 11) is 0. The largest absolute Gasteiger partial charge is 0.371 e. The molecule has 0 radical (unpaired) electrons. The van der Waals surface area contributed by atoms with Crippen molar-refractivity contribution in [3.05, 3.63) is 0 Å². The van der Waals surface area contributed by atoms with Crippen LogP contribution in [0.3, 0.4) is 0 Å². The van der Waals surface area contributed by atoms with E-state index in [2.05, 4.69) is 10.6 Å². The molecule has 0 aromatic carbocycles. The van der Waals surface area contributed by atoms with Crippen LogP contribution >= 0.6 is 11.6 Å². The number of carbonyl (C=O) groups is 2. The summed E-state index contributed by atoms with van der Waals surface area (Å²) in [5.74, 6) is -0.288. The van der Waals surface area contributed by atoms with Crippen LogP contribution in [-0.4, -0.2) is 48.2 Å². The van der Waals surface area contributed by atoms with Gasteiger partial charge in [-0.25, -0.2) is 4.39 Å². The van der Waals surface area contributed by atoms with Crippen molar-refractivity contribution in [1.82, 2.24) is 10.6 Å². The Kier molecular flexibility index (Phi) is 6.78. The average molecular weight is 389 g/mol. The van der Waals surface area contributed by atoms with Crippen LogP contribution in [-0.2, 0) is 14.3 Å². The predicted molar refractivity (Wildman–Crippen MR) is 97.7 cm³/mol. The molecule has 2 saturated carbocycles. The van der Waals surface area contributed by atoms with E-state index in [1.165, 1.54) is 0 Å². The standard InChI is InChI=1S/C19H30ClFN2O3/c1-11-3-2-4-15(21)18(11)26-16-9-12(20)5-6-14(16)19(25)23-13-7-8-22-17(24)10-13/h11-16,18H,2-10H2,1H3,(H,22,24)(H,23,25). The van der Waals surface area contributed by atoms with Crippen molar-refractivity contribution in [1.29, 1.82) is 0 Å². The Bertz CT molecular complexity index is 511. The molecule has 7 heteroatoms. The number of nitrogens with one attached hydrogen (secondary N) is 2. The first-order valence-electron chi connectivity index (χ1n) is 9.94. The lowest BCUT2D eigenvalue weighted by Gasteiger charge is -2.40. The monoisotopic (exact) mass is 388 g/mol. The summed E-state index contributed by atoms with van der Waals surface area (Å²) in [5, 5.41) is 5.74. The van der Waals surface area contributed by atoms with Gasteiger partial charge in [-0.2, -0.15) is 0 Å². The van der Waals surface area contributed by atoms with Gasteiger partial charge >= 0.3 is 0 Å². The van der Waals surface area contributed by atoms with Crippen molar-refractivity contribution in [2.24, 2.45) is 11.8 Å². The molecular formula is C19H30ClFN2O3. The molecule has 7 unspecified atom stereocenters. The molecule has 2 amide bonds. The molecule has 0 bridgehead atoms. The molecular weight excluding hydrogens is 359 g/mol. The molecule has 1 aliphatic heterocycles. The third-order valence-electron chi connectivity index (χ3n) is 6.05. The average Bonchev–Trinajstić information content (AvgIpc) is 2.58. The van der Waals surface area contributed by atoms with E-state index in [0.717, 1.165) is 25.7 Å². The number of hydrogen-bond acceptors (Lipinski definition) is 3. The van der Waals surface area contributed by atoms with Gasteiger partial charge in [-0.15, -0.1) is 11.6 Å². The van der Waals surface area contributed by atoms with Crippen LogP contribution in [0.4, 0.5) is 4.39 Å². The fraction of sp³-hybridized carbons (Fsp3) is 0.895. The molecule has 3 aliphatic rings. The van der Waals surface area contributed by atoms with Gasteiger partial charge in [-0.3, -0.25) is 9.59 Å². The number of ether oxygens (including phenoxy) is 1. The Hall–Kier alpha value is -0.880. The first kappa shape index (κ1) is 19.9. The molecule has 0 spiro atoms. The first-order valence-corrected chi connectivity index (χ1v) is 10.4. The summed E-state index contributed by atoms with van der Waals surface area (Å²) < 4.78 is 20.6. The lowest BCUT2D eigenvalue weighted by Crippen LogP contribution is -2.51. The van der Waals surface area contributed by atoms with Crippen molar-refractivity contribution in [3.63, 3.8) is 0 Å². The number of piperidine rings is 1. The van der Waals surface area contributed by atoms with Crippen molar-refractivity contribution >= 4 is 23.4 Å². The predicted octanol–water partition coefficient (Wildman–Crippen LogP) is 2.70. The minimum absolute atomic E-state index is 0.0323. The molecule has 5 nitrogen and oxygen atoms in total. The third-order valence-corrected chi connectivity index (χ3v) is 6.44. The number of hydrogen-bond donors (Lipinski definition) is 2. The topological polar surface area (TPSA) is 67.4 Å². The smallest absolute Gasteiger partial charge is 0.225 e. The van der Waals surface area contributed by atoms with Crippen LogP contribution in [0, 0.1) is 11.8 Å². The van der Waals surface area contributed by atoms with E-state index in [-0.39, 0.29) is 41.2 Å². The van der Waals surface area contributed by atoms with E-state index in [1.807, 2.05) is 6.92 Å². The maximum Gasteiger partial charge on any atom is 0.225 e. The Morgan fingerprint density at radius 1 is 1.27 bits per heavy atom. The van der Waals surface area contributed by atoms with Gasteiger partial charge in [0.1, 0.15) is 6.17 Å². The van der Waals surface area contributed by atoms with E-state index >= 15 is 0 Å². The Morgan fingerprint density at radius 3 is 2.81 bits per heavy atom. The first-order chi connectivity index (χ1) is 12.4. The van der Waals surface area contributed by atoms with Crippen LogP contribution in [0.5, 0.6) is 0 Å². The quantitative estimate of drug-likeness (QED) is 0.727. The Balaban J connectivity index is 1.63. The van der Waals surface area contributed by atoms with Crippen molar-refractivity contribution in [2.45, 2.75) is 88.1 Å². The zero-order chi connectivity index (χ0) is 18.7. The molecule has 7 atom stereocenters. The second kappa shape index (κ2) is 8.87. The summed E-state index contributed by atoms with van der Waals surface area (Å²) in [6, 6.07) is -0.131. The number of amides is 2. The second-order valence-corrected chi connectivity index (χ2v) is 8.75. The molecule has 1 heterocycles. The highest BCUT2D eigenvalue weighted by Crippen LogP contribution is 2.36. The van der Waals surface area contributed by atoms with E-state index in [4.69, 9.17) is 16.3 Å². The lowest BCUT2D eigenvalue weighted by atomic mass is 9.83. The summed E-state index contributed by atoms with van der Waals surface area (Å²) >= 11 is 6.32. The van der Waals surface area contributed by atoms with Gasteiger partial charge in [0, 0.05) is 24.4 Å². The van der Waals surface area contributed by atoms with Gasteiger partial charge in [0.25, 0.3) is 0 Å². The molecule has 3 fully saturated rings. The molecule has 3 rings (SSSR count). The maximum atomic E-state index is 14.4. The molecule has 26 heavy (non-hydrogen) atoms. The van der Waals surface area contributed by atoms with Gasteiger partial charge in [-0.05, 0) is 44.4 Å². The Morgan fingerprint density at radius 2 is 2.08 bits per heavy atom. The number of alkyl halides is 2. The minimum atomic E-state index is -0.972. The molecule has 0 aromatic heterocycles. The summed E-state index contributed by atoms with van der Waals surface area (Å²) in [5.41, 5.74) is 0. The molecule has 2 aliphatic carbocycles. The van der Waals surface area contributed by atoms with Crippen LogP contribution in [0.15, 0.2) is 0 Å². The maximum absolute atomic E-state index is 14.4. The number of carbonyl (C=O) groups excluding carboxylic acids is 2. The van der Waals surface area contributed by atoms with Crippen LogP contribution in [0.2, 0.25) is 0 Å². The van der Waals surface area contributed by atoms with Gasteiger partial charge in [0.15, 0.2) is 0 Å². The fourth-order valence-corrected chi connectivity index (χ4v) is 4.79. The van der Waals surface area contributed by atoms with Gasteiger partial charge < -0.3 is 15.4 Å². The second-order valence-electron chi connectivity index (χ2n) is 8.13. The van der Waals surface area contributed by atoms with Crippen LogP contribution in [0.1, 0.15) is 58.3 Å². The normalized spacial score (nSPS) is 41.3. The van der Waals surface area contributed by atoms with Crippen LogP contribution in [0.25, 0.3) is 0 Å². The van der Waals surface area contributed by atoms with Gasteiger partial charge in [-0.1, -0.05) is 13.3 Å². The number of rotatable bonds is 4. The van der Waals surface area contributed by atoms with E-state index in [1.54, 1.807) is 0 Å². The summed E-state index contributed by atoms with van der Waals surface area (Å²) in [6.45, 7) is 2.61. The Labute approximate surface area is 159 Å². The molecule has 148 valence electrons. The van der Waals surface area contributed by atoms with Gasteiger partial charge in [0.05, 0.1) is 18.1 Å². The summed E-state index contributed by atoms with van der Waals surface area (Å²) in [6.07, 6.45) is 3.61.